The summed E-state index contributed by atoms with van der Waals surface area (Å²) in [5, 5.41) is 8.65. The SMILES string of the molecule is CC/C=C\C/C=C\C/C=C\C/C=C\CCCCC(=O)OC(CCC)CCCCCCCCCCCCCCCCCCCC(=O)O. The first-order valence-corrected chi connectivity index (χ1v) is 19.6. The summed E-state index contributed by atoms with van der Waals surface area (Å²) in [7, 11) is 0. The molecule has 0 aliphatic heterocycles. The third-order valence-corrected chi connectivity index (χ3v) is 8.55. The second-order valence-electron chi connectivity index (χ2n) is 13.1. The van der Waals surface area contributed by atoms with Crippen LogP contribution in [0.1, 0.15) is 200 Å². The van der Waals surface area contributed by atoms with Gasteiger partial charge in [0.1, 0.15) is 6.10 Å². The molecule has 0 spiro atoms. The Balaban J connectivity index is 3.59. The summed E-state index contributed by atoms with van der Waals surface area (Å²) < 4.78 is 5.86. The van der Waals surface area contributed by atoms with E-state index in [0.29, 0.717) is 12.8 Å². The van der Waals surface area contributed by atoms with Crippen LogP contribution in [0.2, 0.25) is 0 Å². The molecule has 4 nitrogen and oxygen atoms in total. The largest absolute Gasteiger partial charge is 0.481 e. The van der Waals surface area contributed by atoms with Crippen molar-refractivity contribution in [2.45, 2.75) is 206 Å². The molecule has 0 bridgehead atoms. The Morgan fingerprint density at radius 2 is 0.913 bits per heavy atom. The van der Waals surface area contributed by atoms with Crippen LogP contribution < -0.4 is 0 Å². The summed E-state index contributed by atoms with van der Waals surface area (Å²) in [6, 6.07) is 0. The quantitative estimate of drug-likeness (QED) is 0.0424. The van der Waals surface area contributed by atoms with Gasteiger partial charge < -0.3 is 9.84 Å². The Bertz CT molecular complexity index is 779. The van der Waals surface area contributed by atoms with Crippen molar-refractivity contribution >= 4 is 11.9 Å². The molecule has 4 heteroatoms. The Labute approximate surface area is 285 Å². The second kappa shape index (κ2) is 37.4. The number of allylic oxidation sites excluding steroid dienone is 8. The lowest BCUT2D eigenvalue weighted by atomic mass is 10.0. The van der Waals surface area contributed by atoms with Crippen molar-refractivity contribution in [2.75, 3.05) is 0 Å². The van der Waals surface area contributed by atoms with E-state index in [1.54, 1.807) is 0 Å². The van der Waals surface area contributed by atoms with Crippen LogP contribution in [0.4, 0.5) is 0 Å². The zero-order chi connectivity index (χ0) is 33.6. The molecule has 0 saturated heterocycles. The molecular formula is C42H74O4. The zero-order valence-corrected chi connectivity index (χ0v) is 30.4. The molecule has 0 fully saturated rings. The molecule has 0 amide bonds. The summed E-state index contributed by atoms with van der Waals surface area (Å²) in [5.41, 5.74) is 0. The van der Waals surface area contributed by atoms with E-state index < -0.39 is 5.97 Å². The molecule has 0 aliphatic carbocycles. The van der Waals surface area contributed by atoms with E-state index in [9.17, 15) is 9.59 Å². The highest BCUT2D eigenvalue weighted by Gasteiger charge is 2.13. The third-order valence-electron chi connectivity index (χ3n) is 8.55. The molecule has 266 valence electrons. The standard InChI is InChI=1S/C42H74O4/c1-3-5-6-7-8-9-10-11-15-20-23-26-29-32-35-39-42(45)46-40(36-4-2)37-33-30-27-24-21-18-16-13-12-14-17-19-22-25-28-31-34-38-41(43)44/h5-6,8-9,11,15,23,26,40H,3-4,7,10,12-14,16-22,24-25,27-39H2,1-2H3,(H,43,44)/b6-5-,9-8-,15-11-,26-23-. The number of carbonyl (C=O) groups is 2. The van der Waals surface area contributed by atoms with Gasteiger partial charge in [-0.1, -0.05) is 165 Å². The van der Waals surface area contributed by atoms with E-state index in [0.717, 1.165) is 77.0 Å². The van der Waals surface area contributed by atoms with E-state index in [2.05, 4.69) is 62.5 Å². The fourth-order valence-electron chi connectivity index (χ4n) is 5.76. The Kier molecular flexibility index (Phi) is 35.7. The van der Waals surface area contributed by atoms with Crippen molar-refractivity contribution in [1.29, 1.82) is 0 Å². The van der Waals surface area contributed by atoms with Crippen LogP contribution in [-0.2, 0) is 14.3 Å². The van der Waals surface area contributed by atoms with Crippen LogP contribution in [-0.4, -0.2) is 23.1 Å². The molecule has 0 aromatic rings. The molecule has 1 N–H and O–H groups in total. The second-order valence-corrected chi connectivity index (χ2v) is 13.1. The number of aliphatic carboxylic acids is 1. The first kappa shape index (κ1) is 43.9. The Hall–Kier alpha value is -2.10. The molecule has 1 unspecified atom stereocenters. The summed E-state index contributed by atoms with van der Waals surface area (Å²) in [5.74, 6) is -0.670. The predicted molar refractivity (Wildman–Crippen MR) is 199 cm³/mol. The minimum atomic E-state index is -0.664. The van der Waals surface area contributed by atoms with Crippen LogP contribution in [0.3, 0.4) is 0 Å². The van der Waals surface area contributed by atoms with Crippen molar-refractivity contribution in [2.24, 2.45) is 0 Å². The molecule has 0 aliphatic rings. The minimum absolute atomic E-state index is 0.00596. The highest BCUT2D eigenvalue weighted by atomic mass is 16.5. The molecular weight excluding hydrogens is 568 g/mol. The van der Waals surface area contributed by atoms with E-state index in [1.165, 1.54) is 96.3 Å². The van der Waals surface area contributed by atoms with Crippen molar-refractivity contribution in [3.05, 3.63) is 48.6 Å². The summed E-state index contributed by atoms with van der Waals surface area (Å²) >= 11 is 0. The van der Waals surface area contributed by atoms with Crippen molar-refractivity contribution in [3.63, 3.8) is 0 Å². The van der Waals surface area contributed by atoms with Gasteiger partial charge in [-0.05, 0) is 70.6 Å². The lowest BCUT2D eigenvalue weighted by Crippen LogP contribution is -2.18. The maximum Gasteiger partial charge on any atom is 0.306 e. The van der Waals surface area contributed by atoms with Gasteiger partial charge >= 0.3 is 11.9 Å². The normalized spacial score (nSPS) is 12.7. The number of carboxylic acid groups (broad SMARTS) is 1. The van der Waals surface area contributed by atoms with E-state index in [1.807, 2.05) is 0 Å². The third kappa shape index (κ3) is 36.4. The molecule has 0 heterocycles. The fraction of sp³-hybridized carbons (Fsp3) is 0.762. The molecule has 0 aromatic heterocycles. The molecule has 0 aromatic carbocycles. The maximum absolute atomic E-state index is 12.4. The zero-order valence-electron chi connectivity index (χ0n) is 30.4. The molecule has 1 atom stereocenters. The Morgan fingerprint density at radius 1 is 0.500 bits per heavy atom. The Morgan fingerprint density at radius 3 is 1.37 bits per heavy atom. The number of esters is 1. The van der Waals surface area contributed by atoms with Gasteiger partial charge in [-0.3, -0.25) is 9.59 Å². The van der Waals surface area contributed by atoms with Gasteiger partial charge in [-0.2, -0.15) is 0 Å². The van der Waals surface area contributed by atoms with Crippen molar-refractivity contribution < 1.29 is 19.4 Å². The number of carboxylic acids is 1. The summed E-state index contributed by atoms with van der Waals surface area (Å²) in [6.07, 6.45) is 50.6. The highest BCUT2D eigenvalue weighted by molar-refractivity contribution is 5.69. The van der Waals surface area contributed by atoms with Gasteiger partial charge in [-0.15, -0.1) is 0 Å². The number of ether oxygens (including phenoxy) is 1. The fourth-order valence-corrected chi connectivity index (χ4v) is 5.76. The van der Waals surface area contributed by atoms with Crippen LogP contribution in [0.15, 0.2) is 48.6 Å². The minimum Gasteiger partial charge on any atom is -0.481 e. The monoisotopic (exact) mass is 643 g/mol. The van der Waals surface area contributed by atoms with E-state index in [-0.39, 0.29) is 12.1 Å². The van der Waals surface area contributed by atoms with Crippen LogP contribution in [0.25, 0.3) is 0 Å². The average molecular weight is 643 g/mol. The van der Waals surface area contributed by atoms with Gasteiger partial charge in [0.2, 0.25) is 0 Å². The van der Waals surface area contributed by atoms with Gasteiger partial charge in [0, 0.05) is 12.8 Å². The molecule has 46 heavy (non-hydrogen) atoms. The van der Waals surface area contributed by atoms with Crippen LogP contribution >= 0.6 is 0 Å². The first-order valence-electron chi connectivity index (χ1n) is 19.6. The average Bonchev–Trinajstić information content (AvgIpc) is 3.03. The van der Waals surface area contributed by atoms with Gasteiger partial charge in [0.25, 0.3) is 0 Å². The van der Waals surface area contributed by atoms with Gasteiger partial charge in [0.15, 0.2) is 0 Å². The number of hydrogen-bond acceptors (Lipinski definition) is 3. The van der Waals surface area contributed by atoms with Gasteiger partial charge in [-0.25, -0.2) is 0 Å². The van der Waals surface area contributed by atoms with Gasteiger partial charge in [0.05, 0.1) is 0 Å². The van der Waals surface area contributed by atoms with Crippen LogP contribution in [0, 0.1) is 0 Å². The first-order chi connectivity index (χ1) is 22.6. The lowest BCUT2D eigenvalue weighted by Gasteiger charge is -2.17. The highest BCUT2D eigenvalue weighted by Crippen LogP contribution is 2.17. The molecule has 0 saturated carbocycles. The lowest BCUT2D eigenvalue weighted by molar-refractivity contribution is -0.150. The van der Waals surface area contributed by atoms with Crippen molar-refractivity contribution in [3.8, 4) is 0 Å². The number of hydrogen-bond donors (Lipinski definition) is 1. The summed E-state index contributed by atoms with van der Waals surface area (Å²) in [4.78, 5) is 22.9. The summed E-state index contributed by atoms with van der Waals surface area (Å²) in [6.45, 7) is 4.34. The van der Waals surface area contributed by atoms with Crippen molar-refractivity contribution in [1.82, 2.24) is 0 Å². The molecule has 0 rings (SSSR count). The number of unbranched alkanes of at least 4 members (excludes halogenated alkanes) is 18. The van der Waals surface area contributed by atoms with E-state index in [4.69, 9.17) is 9.84 Å². The van der Waals surface area contributed by atoms with Crippen LogP contribution in [0.5, 0.6) is 0 Å². The topological polar surface area (TPSA) is 63.6 Å². The van der Waals surface area contributed by atoms with E-state index >= 15 is 0 Å². The maximum atomic E-state index is 12.4. The smallest absolute Gasteiger partial charge is 0.306 e. The number of carbonyl (C=O) groups excluding carboxylic acids is 1. The predicted octanol–water partition coefficient (Wildman–Crippen LogP) is 13.6. The molecule has 0 radical (unpaired) electrons. The number of rotatable bonds is 35.